The molecule has 88 valence electrons. The zero-order chi connectivity index (χ0) is 12.3. The lowest BCUT2D eigenvalue weighted by molar-refractivity contribution is -0.137. The van der Waals surface area contributed by atoms with Crippen LogP contribution in [0, 0.1) is 11.6 Å². The Bertz CT molecular complexity index is 412. The molecule has 1 atom stereocenters. The minimum absolute atomic E-state index is 0.0199. The molecule has 0 saturated heterocycles. The molecule has 0 aliphatic heterocycles. The molecule has 1 unspecified atom stereocenters. The van der Waals surface area contributed by atoms with Crippen molar-refractivity contribution >= 4 is 17.6 Å². The van der Waals surface area contributed by atoms with Gasteiger partial charge in [0.1, 0.15) is 11.6 Å². The van der Waals surface area contributed by atoms with Crippen molar-refractivity contribution in [3.63, 3.8) is 0 Å². The Labute approximate surface area is 95.8 Å². The zero-order valence-electron chi connectivity index (χ0n) is 8.21. The molecule has 1 aromatic rings. The molecule has 0 amide bonds. The number of benzene rings is 1. The maximum atomic E-state index is 13.4. The number of aliphatic carboxylic acids is 1. The van der Waals surface area contributed by atoms with Crippen LogP contribution in [0.3, 0.4) is 0 Å². The van der Waals surface area contributed by atoms with Gasteiger partial charge in [0, 0.05) is 18.0 Å². The van der Waals surface area contributed by atoms with Crippen LogP contribution in [0.15, 0.2) is 12.1 Å². The third kappa shape index (κ3) is 3.15. The minimum Gasteiger partial charge on any atom is -0.481 e. The van der Waals surface area contributed by atoms with Crippen LogP contribution >= 0.6 is 11.6 Å². The van der Waals surface area contributed by atoms with Gasteiger partial charge in [0.15, 0.2) is 0 Å². The van der Waals surface area contributed by atoms with Gasteiger partial charge < -0.3 is 10.8 Å². The lowest BCUT2D eigenvalue weighted by atomic mass is 10.0. The van der Waals surface area contributed by atoms with Crippen molar-refractivity contribution in [3.8, 4) is 0 Å². The van der Waals surface area contributed by atoms with E-state index < -0.39 is 23.6 Å². The summed E-state index contributed by atoms with van der Waals surface area (Å²) in [6.45, 7) is 0. The second kappa shape index (κ2) is 5.23. The maximum absolute atomic E-state index is 13.4. The summed E-state index contributed by atoms with van der Waals surface area (Å²) in [6, 6.07) is 0.877. The summed E-state index contributed by atoms with van der Waals surface area (Å²) in [7, 11) is 0. The lowest BCUT2D eigenvalue weighted by Crippen LogP contribution is -2.14. The normalized spacial score (nSPS) is 12.5. The van der Waals surface area contributed by atoms with Crippen LogP contribution in [0.5, 0.6) is 0 Å². The highest BCUT2D eigenvalue weighted by atomic mass is 35.5. The summed E-state index contributed by atoms with van der Waals surface area (Å²) >= 11 is 5.44. The first-order chi connectivity index (χ1) is 7.41. The van der Waals surface area contributed by atoms with Gasteiger partial charge >= 0.3 is 5.97 Å². The molecule has 3 N–H and O–H groups in total. The van der Waals surface area contributed by atoms with E-state index in [4.69, 9.17) is 22.4 Å². The quantitative estimate of drug-likeness (QED) is 0.806. The monoisotopic (exact) mass is 249 g/mol. The predicted molar refractivity (Wildman–Crippen MR) is 55.2 cm³/mol. The molecule has 0 saturated carbocycles. The summed E-state index contributed by atoms with van der Waals surface area (Å²) in [5, 5.41) is 8.08. The van der Waals surface area contributed by atoms with Crippen LogP contribution in [0.4, 0.5) is 8.78 Å². The Morgan fingerprint density at radius 1 is 1.50 bits per heavy atom. The van der Waals surface area contributed by atoms with Crippen molar-refractivity contribution in [2.75, 3.05) is 0 Å². The molecule has 0 radical (unpaired) electrons. The average Bonchev–Trinajstić information content (AvgIpc) is 2.19. The molecule has 0 spiro atoms. The smallest absolute Gasteiger partial charge is 0.303 e. The summed E-state index contributed by atoms with van der Waals surface area (Å²) in [4.78, 5) is 10.3. The molecular formula is C10H10ClF2NO2. The third-order valence-electron chi connectivity index (χ3n) is 2.09. The van der Waals surface area contributed by atoms with Crippen molar-refractivity contribution in [3.05, 3.63) is 34.4 Å². The Kier molecular flexibility index (Phi) is 4.20. The molecule has 3 nitrogen and oxygen atoms in total. The molecule has 0 bridgehead atoms. The molecule has 6 heteroatoms. The zero-order valence-corrected chi connectivity index (χ0v) is 8.97. The van der Waals surface area contributed by atoms with E-state index >= 15 is 0 Å². The highest BCUT2D eigenvalue weighted by Gasteiger charge is 2.16. The molecule has 1 rings (SSSR count). The van der Waals surface area contributed by atoms with E-state index in [1.165, 1.54) is 0 Å². The van der Waals surface area contributed by atoms with Crippen LogP contribution in [0.2, 0.25) is 5.02 Å². The molecule has 16 heavy (non-hydrogen) atoms. The minimum atomic E-state index is -1.04. The first kappa shape index (κ1) is 12.9. The largest absolute Gasteiger partial charge is 0.481 e. The van der Waals surface area contributed by atoms with Gasteiger partial charge in [0.25, 0.3) is 0 Å². The number of halogens is 3. The number of nitrogens with two attached hydrogens (primary N) is 1. The SMILES string of the molecule is NC(CCC(=O)O)c1cc(F)cc(Cl)c1F. The van der Waals surface area contributed by atoms with E-state index in [1.807, 2.05) is 0 Å². The van der Waals surface area contributed by atoms with Gasteiger partial charge in [0.2, 0.25) is 0 Å². The molecule has 1 aromatic carbocycles. The number of hydrogen-bond acceptors (Lipinski definition) is 2. The third-order valence-corrected chi connectivity index (χ3v) is 2.36. The van der Waals surface area contributed by atoms with Crippen LogP contribution < -0.4 is 5.73 Å². The number of hydrogen-bond donors (Lipinski definition) is 2. The van der Waals surface area contributed by atoms with E-state index in [9.17, 15) is 13.6 Å². The number of carboxylic acid groups (broad SMARTS) is 1. The van der Waals surface area contributed by atoms with E-state index in [2.05, 4.69) is 0 Å². The Hall–Kier alpha value is -1.20. The van der Waals surface area contributed by atoms with Crippen molar-refractivity contribution < 1.29 is 18.7 Å². The predicted octanol–water partition coefficient (Wildman–Crippen LogP) is 2.48. The first-order valence-electron chi connectivity index (χ1n) is 4.53. The van der Waals surface area contributed by atoms with Crippen molar-refractivity contribution in [1.29, 1.82) is 0 Å². The fourth-order valence-corrected chi connectivity index (χ4v) is 1.49. The number of carboxylic acids is 1. The van der Waals surface area contributed by atoms with E-state index in [0.717, 1.165) is 12.1 Å². The lowest BCUT2D eigenvalue weighted by Gasteiger charge is -2.12. The standard InChI is InChI=1S/C10H10ClF2NO2/c11-7-4-5(12)3-6(10(7)13)8(14)1-2-9(15)16/h3-4,8H,1-2,14H2,(H,15,16). The second-order valence-electron chi connectivity index (χ2n) is 3.33. The van der Waals surface area contributed by atoms with Gasteiger partial charge in [-0.25, -0.2) is 8.78 Å². The van der Waals surface area contributed by atoms with Crippen LogP contribution in [0.1, 0.15) is 24.4 Å². The fourth-order valence-electron chi connectivity index (χ4n) is 1.28. The van der Waals surface area contributed by atoms with Gasteiger partial charge in [-0.05, 0) is 18.6 Å². The Morgan fingerprint density at radius 2 is 2.12 bits per heavy atom. The second-order valence-corrected chi connectivity index (χ2v) is 3.74. The van der Waals surface area contributed by atoms with Crippen LogP contribution in [-0.2, 0) is 4.79 Å². The number of carbonyl (C=O) groups is 1. The van der Waals surface area contributed by atoms with Gasteiger partial charge in [-0.1, -0.05) is 11.6 Å². The van der Waals surface area contributed by atoms with E-state index in [0.29, 0.717) is 0 Å². The van der Waals surface area contributed by atoms with Crippen molar-refractivity contribution in [2.45, 2.75) is 18.9 Å². The molecule has 0 aliphatic rings. The van der Waals surface area contributed by atoms with Crippen LogP contribution in [0.25, 0.3) is 0 Å². The highest BCUT2D eigenvalue weighted by Crippen LogP contribution is 2.26. The Balaban J connectivity index is 2.90. The van der Waals surface area contributed by atoms with Gasteiger partial charge in [-0.15, -0.1) is 0 Å². The highest BCUT2D eigenvalue weighted by molar-refractivity contribution is 6.30. The van der Waals surface area contributed by atoms with Crippen LogP contribution in [-0.4, -0.2) is 11.1 Å². The van der Waals surface area contributed by atoms with Gasteiger partial charge in [-0.2, -0.15) is 0 Å². The van der Waals surface area contributed by atoms with Gasteiger partial charge in [-0.3, -0.25) is 4.79 Å². The molecule has 0 aromatic heterocycles. The topological polar surface area (TPSA) is 63.3 Å². The van der Waals surface area contributed by atoms with Crippen molar-refractivity contribution in [2.24, 2.45) is 5.73 Å². The summed E-state index contributed by atoms with van der Waals surface area (Å²) < 4.78 is 26.4. The summed E-state index contributed by atoms with van der Waals surface area (Å²) in [6.07, 6.45) is -0.194. The molecule has 0 fully saturated rings. The summed E-state index contributed by atoms with van der Waals surface area (Å²) in [5.74, 6) is -2.55. The molecule has 0 heterocycles. The number of rotatable bonds is 4. The van der Waals surface area contributed by atoms with Crippen molar-refractivity contribution in [1.82, 2.24) is 0 Å². The first-order valence-corrected chi connectivity index (χ1v) is 4.91. The summed E-state index contributed by atoms with van der Waals surface area (Å²) in [5.41, 5.74) is 5.45. The molecule has 0 aliphatic carbocycles. The Morgan fingerprint density at radius 3 is 2.69 bits per heavy atom. The average molecular weight is 250 g/mol. The molecular weight excluding hydrogens is 240 g/mol. The van der Waals surface area contributed by atoms with Gasteiger partial charge in [0.05, 0.1) is 5.02 Å². The fraction of sp³-hybridized carbons (Fsp3) is 0.300. The van der Waals surface area contributed by atoms with E-state index in [-0.39, 0.29) is 23.4 Å². The van der Waals surface area contributed by atoms with E-state index in [1.54, 1.807) is 0 Å². The maximum Gasteiger partial charge on any atom is 0.303 e.